The fourth-order valence-corrected chi connectivity index (χ4v) is 7.94. The van der Waals surface area contributed by atoms with E-state index in [1.165, 1.54) is 60.1 Å². The largest absolute Gasteiger partial charge is 0.288 e. The van der Waals surface area contributed by atoms with Gasteiger partial charge in [-0.05, 0) is 102 Å². The fraction of sp³-hybridized carbons (Fsp3) is 0.556. The summed E-state index contributed by atoms with van der Waals surface area (Å²) in [6.45, 7) is 17.9. The highest BCUT2D eigenvalue weighted by molar-refractivity contribution is 8.04. The number of hydrogen-bond donors (Lipinski definition) is 0. The first-order valence-electron chi connectivity index (χ1n) is 15.2. The standard InChI is InChI=1S/C36H50N2S/c1-7-29(34-20-21-35(39-34)36(3,4)5)22-27-10-12-28(13-11-27)23-38-25-33(24-37-6)32-18-16-31(17-19-32)30-14-8-26(2)9-15-30/h7,10-13,18,21,24-26,29-31,34H,1,6,8-9,14-17,19-20,22-23H2,2-5H3/b33-24+,38-25-. The average molecular weight is 543 g/mol. The van der Waals surface area contributed by atoms with E-state index in [0.29, 0.717) is 17.7 Å². The molecule has 2 nitrogen and oxygen atoms in total. The van der Waals surface area contributed by atoms with Gasteiger partial charge in [0.05, 0.1) is 6.54 Å². The Bertz CT molecular complexity index is 1090. The summed E-state index contributed by atoms with van der Waals surface area (Å²) >= 11 is 2.06. The van der Waals surface area contributed by atoms with Crippen LogP contribution in [0.4, 0.5) is 0 Å². The molecule has 0 radical (unpaired) electrons. The third-order valence-electron chi connectivity index (χ3n) is 9.11. The first kappa shape index (κ1) is 29.8. The third-order valence-corrected chi connectivity index (χ3v) is 11.0. The van der Waals surface area contributed by atoms with Gasteiger partial charge in [0.15, 0.2) is 0 Å². The van der Waals surface area contributed by atoms with Crippen molar-refractivity contribution in [2.24, 2.45) is 39.1 Å². The van der Waals surface area contributed by atoms with E-state index in [1.54, 1.807) is 0 Å². The van der Waals surface area contributed by atoms with Crippen LogP contribution in [0, 0.1) is 29.1 Å². The van der Waals surface area contributed by atoms with Crippen LogP contribution >= 0.6 is 11.8 Å². The van der Waals surface area contributed by atoms with E-state index in [4.69, 9.17) is 4.99 Å². The summed E-state index contributed by atoms with van der Waals surface area (Å²) in [4.78, 5) is 10.4. The molecule has 1 aromatic rings. The maximum absolute atomic E-state index is 4.81. The van der Waals surface area contributed by atoms with Gasteiger partial charge in [0.25, 0.3) is 0 Å². The Morgan fingerprint density at radius 3 is 2.31 bits per heavy atom. The predicted molar refractivity (Wildman–Crippen MR) is 174 cm³/mol. The van der Waals surface area contributed by atoms with Crippen LogP contribution < -0.4 is 0 Å². The van der Waals surface area contributed by atoms with Crippen LogP contribution in [-0.4, -0.2) is 18.2 Å². The van der Waals surface area contributed by atoms with Gasteiger partial charge in [-0.25, -0.2) is 0 Å². The number of nitrogens with zero attached hydrogens (tertiary/aromatic N) is 2. The molecule has 0 amide bonds. The van der Waals surface area contributed by atoms with E-state index in [0.717, 1.165) is 42.6 Å². The second kappa shape index (κ2) is 14.0. The van der Waals surface area contributed by atoms with Crippen molar-refractivity contribution in [3.63, 3.8) is 0 Å². The Labute approximate surface area is 243 Å². The zero-order chi connectivity index (χ0) is 27.8. The van der Waals surface area contributed by atoms with E-state index in [1.807, 2.05) is 12.4 Å². The van der Waals surface area contributed by atoms with Crippen molar-refractivity contribution in [3.8, 4) is 0 Å². The maximum atomic E-state index is 4.81. The molecule has 0 saturated heterocycles. The van der Waals surface area contributed by atoms with Crippen molar-refractivity contribution in [2.75, 3.05) is 0 Å². The number of thioether (sulfide) groups is 1. The van der Waals surface area contributed by atoms with Crippen molar-refractivity contribution < 1.29 is 0 Å². The van der Waals surface area contributed by atoms with E-state index in [-0.39, 0.29) is 5.41 Å². The Morgan fingerprint density at radius 2 is 1.72 bits per heavy atom. The first-order chi connectivity index (χ1) is 18.8. The Kier molecular flexibility index (Phi) is 10.7. The molecule has 0 spiro atoms. The van der Waals surface area contributed by atoms with E-state index in [9.17, 15) is 0 Å². The molecular weight excluding hydrogens is 492 g/mol. The van der Waals surface area contributed by atoms with Gasteiger partial charge >= 0.3 is 0 Å². The van der Waals surface area contributed by atoms with Gasteiger partial charge in [-0.15, -0.1) is 18.3 Å². The molecule has 0 bridgehead atoms. The lowest BCUT2D eigenvalue weighted by molar-refractivity contribution is 0.200. The SMILES string of the molecule is C=CC(Cc1ccc(C/N=C\C(=C/N=C)C2=CCC(C3CCC(C)CC3)CC2)cc1)C1CC=C(C(C)(C)C)S1. The molecule has 0 N–H and O–H groups in total. The summed E-state index contributed by atoms with van der Waals surface area (Å²) in [7, 11) is 0. The minimum Gasteiger partial charge on any atom is -0.288 e. The summed E-state index contributed by atoms with van der Waals surface area (Å²) in [5.74, 6) is 3.20. The van der Waals surface area contributed by atoms with Crippen LogP contribution in [0.2, 0.25) is 0 Å². The highest BCUT2D eigenvalue weighted by atomic mass is 32.2. The summed E-state index contributed by atoms with van der Waals surface area (Å²) in [5, 5.41) is 0.598. The fourth-order valence-electron chi connectivity index (χ4n) is 6.50. The highest BCUT2D eigenvalue weighted by Gasteiger charge is 2.30. The minimum atomic E-state index is 0.244. The lowest BCUT2D eigenvalue weighted by Gasteiger charge is -2.34. The van der Waals surface area contributed by atoms with E-state index in [2.05, 4.69) is 100 Å². The molecule has 39 heavy (non-hydrogen) atoms. The van der Waals surface area contributed by atoms with Crippen molar-refractivity contribution >= 4 is 24.7 Å². The third kappa shape index (κ3) is 8.43. The topological polar surface area (TPSA) is 24.7 Å². The summed E-state index contributed by atoms with van der Waals surface area (Å²) < 4.78 is 0. The van der Waals surface area contributed by atoms with Crippen LogP contribution in [0.15, 0.2) is 81.3 Å². The molecule has 2 aliphatic carbocycles. The van der Waals surface area contributed by atoms with Gasteiger partial charge in [-0.2, -0.15) is 0 Å². The predicted octanol–water partition coefficient (Wildman–Crippen LogP) is 10.2. The van der Waals surface area contributed by atoms with Crippen LogP contribution in [0.5, 0.6) is 0 Å². The Hall–Kier alpha value is -2.13. The van der Waals surface area contributed by atoms with Crippen molar-refractivity contribution in [1.29, 1.82) is 0 Å². The second-order valence-corrected chi connectivity index (χ2v) is 14.4. The second-order valence-electron chi connectivity index (χ2n) is 13.2. The lowest BCUT2D eigenvalue weighted by atomic mass is 9.71. The van der Waals surface area contributed by atoms with Crippen LogP contribution in [0.25, 0.3) is 0 Å². The average Bonchev–Trinajstić information content (AvgIpc) is 3.44. The van der Waals surface area contributed by atoms with Crippen molar-refractivity contribution in [3.05, 3.63) is 82.5 Å². The van der Waals surface area contributed by atoms with Crippen molar-refractivity contribution in [1.82, 2.24) is 0 Å². The molecule has 3 aliphatic rings. The molecule has 1 aliphatic heterocycles. The molecule has 3 heteroatoms. The smallest absolute Gasteiger partial charge is 0.0639 e. The molecule has 1 fully saturated rings. The number of rotatable bonds is 10. The zero-order valence-electron chi connectivity index (χ0n) is 24.9. The first-order valence-corrected chi connectivity index (χ1v) is 16.1. The molecular formula is C36H50N2S. The monoisotopic (exact) mass is 542 g/mol. The molecule has 1 heterocycles. The van der Waals surface area contributed by atoms with Gasteiger partial charge < -0.3 is 0 Å². The van der Waals surface area contributed by atoms with Gasteiger partial charge in [0.2, 0.25) is 0 Å². The maximum Gasteiger partial charge on any atom is 0.0639 e. The van der Waals surface area contributed by atoms with Crippen LogP contribution in [0.1, 0.15) is 90.2 Å². The Balaban J connectivity index is 1.28. The van der Waals surface area contributed by atoms with Crippen LogP contribution in [-0.2, 0) is 13.0 Å². The van der Waals surface area contributed by atoms with Gasteiger partial charge in [0, 0.05) is 23.2 Å². The Morgan fingerprint density at radius 1 is 1.00 bits per heavy atom. The number of allylic oxidation sites excluding steroid dienone is 6. The highest BCUT2D eigenvalue weighted by Crippen LogP contribution is 2.46. The number of benzene rings is 1. The lowest BCUT2D eigenvalue weighted by Crippen LogP contribution is -2.22. The molecule has 4 rings (SSSR count). The normalized spacial score (nSPS) is 27.2. The van der Waals surface area contributed by atoms with Gasteiger partial charge in [-0.3, -0.25) is 9.98 Å². The summed E-state index contributed by atoms with van der Waals surface area (Å²) in [6.07, 6.45) is 22.5. The molecule has 0 aromatic heterocycles. The minimum absolute atomic E-state index is 0.244. The molecule has 1 saturated carbocycles. The van der Waals surface area contributed by atoms with E-state index < -0.39 is 0 Å². The number of hydrogen-bond acceptors (Lipinski definition) is 3. The quantitative estimate of drug-likeness (QED) is 0.213. The van der Waals surface area contributed by atoms with E-state index >= 15 is 0 Å². The van der Waals surface area contributed by atoms with Gasteiger partial charge in [0.1, 0.15) is 0 Å². The zero-order valence-corrected chi connectivity index (χ0v) is 25.7. The summed E-state index contributed by atoms with van der Waals surface area (Å²) in [5.41, 5.74) is 5.39. The van der Waals surface area contributed by atoms with Crippen molar-refractivity contribution in [2.45, 2.75) is 97.3 Å². The molecule has 3 atom stereocenters. The summed E-state index contributed by atoms with van der Waals surface area (Å²) in [6, 6.07) is 9.02. The van der Waals surface area contributed by atoms with Gasteiger partial charge in [-0.1, -0.05) is 83.0 Å². The molecule has 210 valence electrons. The number of aliphatic imine (C=N–C) groups is 2. The molecule has 1 aromatic carbocycles. The molecule has 3 unspecified atom stereocenters. The van der Waals surface area contributed by atoms with Crippen LogP contribution in [0.3, 0.4) is 0 Å².